The van der Waals surface area contributed by atoms with Crippen LogP contribution in [0.4, 0.5) is 5.69 Å². The lowest BCUT2D eigenvalue weighted by Gasteiger charge is -2.14. The molecule has 0 unspecified atom stereocenters. The van der Waals surface area contributed by atoms with E-state index >= 15 is 0 Å². The van der Waals surface area contributed by atoms with E-state index in [4.69, 9.17) is 4.42 Å². The zero-order valence-electron chi connectivity index (χ0n) is 8.45. The summed E-state index contributed by atoms with van der Waals surface area (Å²) in [6.07, 6.45) is 2.27. The monoisotopic (exact) mass is 267 g/mol. The first-order valence-corrected chi connectivity index (χ1v) is 5.26. The highest BCUT2D eigenvalue weighted by Crippen LogP contribution is 2.32. The highest BCUT2D eigenvalue weighted by Gasteiger charge is 2.10. The Morgan fingerprint density at radius 1 is 1.40 bits per heavy atom. The molecule has 78 valence electrons. The molecular formula is C11H10BrNO2. The molecule has 0 fully saturated rings. The summed E-state index contributed by atoms with van der Waals surface area (Å²) in [5, 5.41) is 0.836. The summed E-state index contributed by atoms with van der Waals surface area (Å²) >= 11 is 3.47. The molecule has 0 atom stereocenters. The van der Waals surface area contributed by atoms with Crippen molar-refractivity contribution in [1.82, 2.24) is 0 Å². The summed E-state index contributed by atoms with van der Waals surface area (Å²) in [4.78, 5) is 12.7. The van der Waals surface area contributed by atoms with E-state index in [0.29, 0.717) is 5.56 Å². The SMILES string of the molecule is CN(C)c1cc2occ(C=O)c2cc1Br. The molecule has 1 heterocycles. The number of anilines is 1. The highest BCUT2D eigenvalue weighted by atomic mass is 79.9. The van der Waals surface area contributed by atoms with Crippen LogP contribution < -0.4 is 4.90 Å². The molecule has 0 radical (unpaired) electrons. The normalized spacial score (nSPS) is 10.6. The summed E-state index contributed by atoms with van der Waals surface area (Å²) in [5.74, 6) is 0. The minimum absolute atomic E-state index is 0.580. The number of aldehydes is 1. The second-order valence-electron chi connectivity index (χ2n) is 3.50. The van der Waals surface area contributed by atoms with Crippen molar-refractivity contribution in [3.63, 3.8) is 0 Å². The molecular weight excluding hydrogens is 258 g/mol. The number of hydrogen-bond donors (Lipinski definition) is 0. The van der Waals surface area contributed by atoms with Gasteiger partial charge in [0.25, 0.3) is 0 Å². The number of nitrogens with zero attached hydrogens (tertiary/aromatic N) is 1. The van der Waals surface area contributed by atoms with E-state index < -0.39 is 0 Å². The van der Waals surface area contributed by atoms with Crippen LogP contribution in [-0.2, 0) is 0 Å². The minimum atomic E-state index is 0.580. The van der Waals surface area contributed by atoms with Gasteiger partial charge in [-0.25, -0.2) is 0 Å². The van der Waals surface area contributed by atoms with Gasteiger partial charge in [-0.2, -0.15) is 0 Å². The Morgan fingerprint density at radius 3 is 2.73 bits per heavy atom. The summed E-state index contributed by atoms with van der Waals surface area (Å²) < 4.78 is 6.26. The highest BCUT2D eigenvalue weighted by molar-refractivity contribution is 9.10. The summed E-state index contributed by atoms with van der Waals surface area (Å²) in [6.45, 7) is 0. The molecule has 4 heteroatoms. The largest absolute Gasteiger partial charge is 0.463 e. The van der Waals surface area contributed by atoms with Crippen LogP contribution in [0.5, 0.6) is 0 Å². The predicted molar refractivity (Wildman–Crippen MR) is 63.6 cm³/mol. The van der Waals surface area contributed by atoms with Gasteiger partial charge in [-0.3, -0.25) is 4.79 Å². The number of carbonyl (C=O) groups excluding carboxylic acids is 1. The van der Waals surface area contributed by atoms with Crippen LogP contribution in [0, 0.1) is 0 Å². The Labute approximate surface area is 95.8 Å². The van der Waals surface area contributed by atoms with Gasteiger partial charge in [-0.1, -0.05) is 0 Å². The van der Waals surface area contributed by atoms with Crippen LogP contribution in [-0.4, -0.2) is 20.4 Å². The van der Waals surface area contributed by atoms with Gasteiger partial charge in [0.05, 0.1) is 11.3 Å². The molecule has 0 spiro atoms. The maximum Gasteiger partial charge on any atom is 0.153 e. The van der Waals surface area contributed by atoms with E-state index in [0.717, 1.165) is 27.4 Å². The molecule has 0 bridgehead atoms. The molecule has 0 saturated heterocycles. The maximum absolute atomic E-state index is 10.7. The van der Waals surface area contributed by atoms with Crippen LogP contribution in [0.2, 0.25) is 0 Å². The number of halogens is 1. The third-order valence-corrected chi connectivity index (χ3v) is 2.92. The molecule has 0 aliphatic rings. The Hall–Kier alpha value is -1.29. The maximum atomic E-state index is 10.7. The number of furan rings is 1. The second kappa shape index (κ2) is 3.70. The van der Waals surface area contributed by atoms with Gasteiger partial charge in [-0.05, 0) is 22.0 Å². The summed E-state index contributed by atoms with van der Waals surface area (Å²) in [5.41, 5.74) is 2.33. The van der Waals surface area contributed by atoms with Gasteiger partial charge in [0.2, 0.25) is 0 Å². The lowest BCUT2D eigenvalue weighted by molar-refractivity contribution is 0.112. The van der Waals surface area contributed by atoms with E-state index in [9.17, 15) is 4.79 Å². The third-order valence-electron chi connectivity index (χ3n) is 2.28. The molecule has 0 aliphatic heterocycles. The molecule has 15 heavy (non-hydrogen) atoms. The number of carbonyl (C=O) groups is 1. The first-order valence-electron chi connectivity index (χ1n) is 4.46. The van der Waals surface area contributed by atoms with Crippen LogP contribution >= 0.6 is 15.9 Å². The van der Waals surface area contributed by atoms with Crippen molar-refractivity contribution in [2.24, 2.45) is 0 Å². The van der Waals surface area contributed by atoms with Crippen molar-refractivity contribution >= 4 is 38.9 Å². The molecule has 0 aliphatic carbocycles. The average molecular weight is 268 g/mol. The fourth-order valence-corrected chi connectivity index (χ4v) is 2.19. The summed E-state index contributed by atoms with van der Waals surface area (Å²) in [6, 6.07) is 3.81. The fourth-order valence-electron chi connectivity index (χ4n) is 1.49. The van der Waals surface area contributed by atoms with Crippen LogP contribution in [0.25, 0.3) is 11.0 Å². The molecule has 2 rings (SSSR count). The van der Waals surface area contributed by atoms with Gasteiger partial charge in [0.15, 0.2) is 6.29 Å². The molecule has 0 saturated carbocycles. The van der Waals surface area contributed by atoms with E-state index in [-0.39, 0.29) is 0 Å². The van der Waals surface area contributed by atoms with Gasteiger partial charge >= 0.3 is 0 Å². The quantitative estimate of drug-likeness (QED) is 0.785. The van der Waals surface area contributed by atoms with E-state index in [1.807, 2.05) is 31.1 Å². The van der Waals surface area contributed by atoms with Gasteiger partial charge < -0.3 is 9.32 Å². The first-order chi connectivity index (χ1) is 7.13. The van der Waals surface area contributed by atoms with Crippen LogP contribution in [0.3, 0.4) is 0 Å². The summed E-state index contributed by atoms with van der Waals surface area (Å²) in [7, 11) is 3.91. The molecule has 0 N–H and O–H groups in total. The Kier molecular flexibility index (Phi) is 2.52. The van der Waals surface area contributed by atoms with Gasteiger partial charge in [-0.15, -0.1) is 0 Å². The number of benzene rings is 1. The van der Waals surface area contributed by atoms with E-state index in [1.165, 1.54) is 6.26 Å². The average Bonchev–Trinajstić information content (AvgIpc) is 2.58. The molecule has 2 aromatic rings. The standard InChI is InChI=1S/C11H10BrNO2/c1-13(2)10-4-11-8(3-9(10)12)7(5-14)6-15-11/h3-6H,1-2H3. The number of hydrogen-bond acceptors (Lipinski definition) is 3. The molecule has 1 aromatic heterocycles. The van der Waals surface area contributed by atoms with Gasteiger partial charge in [0.1, 0.15) is 11.8 Å². The zero-order valence-corrected chi connectivity index (χ0v) is 10.0. The smallest absolute Gasteiger partial charge is 0.153 e. The first kappa shape index (κ1) is 10.2. The Balaban J connectivity index is 2.72. The van der Waals surface area contributed by atoms with Crippen molar-refractivity contribution in [2.45, 2.75) is 0 Å². The lowest BCUT2D eigenvalue weighted by Crippen LogP contribution is -2.08. The fraction of sp³-hybridized carbons (Fsp3) is 0.182. The molecule has 3 nitrogen and oxygen atoms in total. The Morgan fingerprint density at radius 2 is 2.13 bits per heavy atom. The Bertz CT molecular complexity index is 517. The minimum Gasteiger partial charge on any atom is -0.463 e. The van der Waals surface area contributed by atoms with Crippen molar-refractivity contribution in [3.8, 4) is 0 Å². The molecule has 1 aromatic carbocycles. The number of fused-ring (bicyclic) bond motifs is 1. The number of rotatable bonds is 2. The molecule has 0 amide bonds. The second-order valence-corrected chi connectivity index (χ2v) is 4.36. The van der Waals surface area contributed by atoms with E-state index in [2.05, 4.69) is 15.9 Å². The van der Waals surface area contributed by atoms with Gasteiger partial charge in [0, 0.05) is 30.0 Å². The third kappa shape index (κ3) is 1.65. The van der Waals surface area contributed by atoms with Crippen molar-refractivity contribution in [3.05, 3.63) is 28.4 Å². The topological polar surface area (TPSA) is 33.5 Å². The van der Waals surface area contributed by atoms with Crippen LogP contribution in [0.1, 0.15) is 10.4 Å². The van der Waals surface area contributed by atoms with Crippen molar-refractivity contribution in [2.75, 3.05) is 19.0 Å². The van der Waals surface area contributed by atoms with Crippen molar-refractivity contribution in [1.29, 1.82) is 0 Å². The zero-order chi connectivity index (χ0) is 11.0. The lowest BCUT2D eigenvalue weighted by atomic mass is 10.2. The van der Waals surface area contributed by atoms with Crippen molar-refractivity contribution < 1.29 is 9.21 Å². The van der Waals surface area contributed by atoms with Crippen LogP contribution in [0.15, 0.2) is 27.3 Å². The predicted octanol–water partition coefficient (Wildman–Crippen LogP) is 3.07. The van der Waals surface area contributed by atoms with E-state index in [1.54, 1.807) is 0 Å².